The van der Waals surface area contributed by atoms with E-state index >= 15 is 0 Å². The maximum atomic E-state index is 12.0. The van der Waals surface area contributed by atoms with Crippen molar-refractivity contribution >= 4 is 28.1 Å². The number of aryl methyl sites for hydroxylation is 2. The summed E-state index contributed by atoms with van der Waals surface area (Å²) in [5.74, 6) is -0.0420. The lowest BCUT2D eigenvalue weighted by Gasteiger charge is -2.05. The van der Waals surface area contributed by atoms with Gasteiger partial charge in [-0.05, 0) is 31.7 Å². The Bertz CT molecular complexity index is 736. The Balaban J connectivity index is 1.56. The third-order valence-electron chi connectivity index (χ3n) is 3.74. The number of fused-ring (bicyclic) bond motifs is 1. The molecule has 7 nitrogen and oxygen atoms in total. The third kappa shape index (κ3) is 4.08. The maximum absolute atomic E-state index is 12.0. The van der Waals surface area contributed by atoms with Crippen molar-refractivity contribution in [2.45, 2.75) is 32.1 Å². The number of nitrogens with one attached hydrogen (secondary N) is 1. The lowest BCUT2D eigenvalue weighted by molar-refractivity contribution is -0.384. The number of thiazole rings is 1. The predicted molar refractivity (Wildman–Crippen MR) is 90.6 cm³/mol. The number of ether oxygens (including phenoxy) is 1. The first-order valence-electron chi connectivity index (χ1n) is 7.77. The van der Waals surface area contributed by atoms with E-state index in [2.05, 4.69) is 10.3 Å². The summed E-state index contributed by atoms with van der Waals surface area (Å²) < 4.78 is 5.31. The quantitative estimate of drug-likeness (QED) is 0.508. The maximum Gasteiger partial charge on any atom is 0.273 e. The molecule has 2 aromatic rings. The standard InChI is InChI=1S/C16H17N3O4S/c20-15(10-23-12-6-4-5-11(9-12)19(21)22)18-16-17-13-7-2-1-3-8-14(13)24-16/h4-6,9H,1-3,7-8,10H2,(H,17,18,20). The van der Waals surface area contributed by atoms with E-state index < -0.39 is 4.92 Å². The van der Waals surface area contributed by atoms with Gasteiger partial charge in [0.15, 0.2) is 11.7 Å². The van der Waals surface area contributed by atoms with Crippen LogP contribution in [0, 0.1) is 10.1 Å². The van der Waals surface area contributed by atoms with Gasteiger partial charge >= 0.3 is 0 Å². The van der Waals surface area contributed by atoms with Crippen LogP contribution >= 0.6 is 11.3 Å². The number of nitro benzene ring substituents is 1. The average Bonchev–Trinajstić information content (AvgIpc) is 2.81. The number of nitro groups is 1. The highest BCUT2D eigenvalue weighted by atomic mass is 32.1. The Hall–Kier alpha value is -2.48. The Morgan fingerprint density at radius 2 is 2.17 bits per heavy atom. The molecule has 1 aromatic carbocycles. The van der Waals surface area contributed by atoms with Crippen LogP contribution in [0.3, 0.4) is 0 Å². The fraction of sp³-hybridized carbons (Fsp3) is 0.375. The first kappa shape index (κ1) is 16.4. The molecule has 0 fully saturated rings. The van der Waals surface area contributed by atoms with Crippen molar-refractivity contribution in [3.8, 4) is 5.75 Å². The van der Waals surface area contributed by atoms with Gasteiger partial charge in [-0.15, -0.1) is 11.3 Å². The number of aromatic nitrogens is 1. The number of nitrogens with zero attached hydrogens (tertiary/aromatic N) is 2. The zero-order valence-corrected chi connectivity index (χ0v) is 13.8. The van der Waals surface area contributed by atoms with Crippen LogP contribution in [0.1, 0.15) is 29.8 Å². The van der Waals surface area contributed by atoms with Crippen molar-refractivity contribution in [2.24, 2.45) is 0 Å². The number of benzene rings is 1. The van der Waals surface area contributed by atoms with Gasteiger partial charge in [0.1, 0.15) is 5.75 Å². The van der Waals surface area contributed by atoms with Gasteiger partial charge in [0.2, 0.25) is 0 Å². The second kappa shape index (κ2) is 7.39. The molecular weight excluding hydrogens is 330 g/mol. The van der Waals surface area contributed by atoms with E-state index in [9.17, 15) is 14.9 Å². The zero-order chi connectivity index (χ0) is 16.9. The molecule has 8 heteroatoms. The average molecular weight is 347 g/mol. The van der Waals surface area contributed by atoms with Gasteiger partial charge in [-0.1, -0.05) is 12.5 Å². The molecule has 0 radical (unpaired) electrons. The molecule has 0 saturated carbocycles. The summed E-state index contributed by atoms with van der Waals surface area (Å²) in [6.07, 6.45) is 5.51. The van der Waals surface area contributed by atoms with Crippen LogP contribution in [-0.2, 0) is 17.6 Å². The summed E-state index contributed by atoms with van der Waals surface area (Å²) in [4.78, 5) is 27.9. The van der Waals surface area contributed by atoms with Crippen molar-refractivity contribution < 1.29 is 14.5 Å². The Morgan fingerprint density at radius 1 is 1.33 bits per heavy atom. The topological polar surface area (TPSA) is 94.4 Å². The van der Waals surface area contributed by atoms with Crippen molar-refractivity contribution in [1.82, 2.24) is 4.98 Å². The fourth-order valence-corrected chi connectivity index (χ4v) is 3.64. The monoisotopic (exact) mass is 347 g/mol. The second-order valence-corrected chi connectivity index (χ2v) is 6.62. The largest absolute Gasteiger partial charge is 0.484 e. The summed E-state index contributed by atoms with van der Waals surface area (Å²) in [6.45, 7) is -0.217. The Kier molecular flexibility index (Phi) is 5.05. The van der Waals surface area contributed by atoms with Crippen molar-refractivity contribution in [3.63, 3.8) is 0 Å². The lowest BCUT2D eigenvalue weighted by atomic mass is 10.2. The number of carbonyl (C=O) groups is 1. The first-order chi connectivity index (χ1) is 11.6. The second-order valence-electron chi connectivity index (χ2n) is 5.54. The van der Waals surface area contributed by atoms with E-state index in [0.29, 0.717) is 5.13 Å². The van der Waals surface area contributed by atoms with Crippen LogP contribution in [0.5, 0.6) is 5.75 Å². The minimum absolute atomic E-state index is 0.0726. The Morgan fingerprint density at radius 3 is 3.00 bits per heavy atom. The molecule has 0 unspecified atom stereocenters. The highest BCUT2D eigenvalue weighted by molar-refractivity contribution is 7.15. The van der Waals surface area contributed by atoms with Gasteiger partial charge in [0.25, 0.3) is 11.6 Å². The molecule has 0 saturated heterocycles. The number of amides is 1. The normalized spacial score (nSPS) is 13.7. The van der Waals surface area contributed by atoms with Crippen LogP contribution in [0.2, 0.25) is 0 Å². The highest BCUT2D eigenvalue weighted by Gasteiger charge is 2.15. The molecule has 1 amide bonds. The lowest BCUT2D eigenvalue weighted by Crippen LogP contribution is -2.20. The minimum Gasteiger partial charge on any atom is -0.484 e. The van der Waals surface area contributed by atoms with Crippen LogP contribution in [-0.4, -0.2) is 22.4 Å². The number of rotatable bonds is 5. The van der Waals surface area contributed by atoms with Crippen LogP contribution < -0.4 is 10.1 Å². The van der Waals surface area contributed by atoms with Crippen molar-refractivity contribution in [3.05, 3.63) is 45.0 Å². The molecule has 0 aliphatic heterocycles. The molecule has 126 valence electrons. The molecule has 1 aliphatic carbocycles. The molecule has 0 bridgehead atoms. The van der Waals surface area contributed by atoms with E-state index in [4.69, 9.17) is 4.74 Å². The van der Waals surface area contributed by atoms with E-state index in [-0.39, 0.29) is 24.0 Å². The van der Waals surface area contributed by atoms with Gasteiger partial charge in [-0.25, -0.2) is 4.98 Å². The van der Waals surface area contributed by atoms with E-state index in [1.165, 1.54) is 47.3 Å². The number of carbonyl (C=O) groups excluding carboxylic acids is 1. The molecule has 1 aromatic heterocycles. The van der Waals surface area contributed by atoms with Crippen LogP contribution in [0.15, 0.2) is 24.3 Å². The van der Waals surface area contributed by atoms with Crippen LogP contribution in [0.4, 0.5) is 10.8 Å². The molecule has 1 heterocycles. The molecule has 24 heavy (non-hydrogen) atoms. The van der Waals surface area contributed by atoms with Gasteiger partial charge in [0, 0.05) is 10.9 Å². The highest BCUT2D eigenvalue weighted by Crippen LogP contribution is 2.28. The van der Waals surface area contributed by atoms with Crippen molar-refractivity contribution in [1.29, 1.82) is 0 Å². The SMILES string of the molecule is O=C(COc1cccc([N+](=O)[O-])c1)Nc1nc2c(s1)CCCCC2. The summed E-state index contributed by atoms with van der Waals surface area (Å²) in [7, 11) is 0. The Labute approximate surface area is 142 Å². The molecule has 0 atom stereocenters. The fourth-order valence-electron chi connectivity index (χ4n) is 2.57. The summed E-state index contributed by atoms with van der Waals surface area (Å²) >= 11 is 1.52. The smallest absolute Gasteiger partial charge is 0.273 e. The van der Waals surface area contributed by atoms with E-state index in [0.717, 1.165) is 25.0 Å². The van der Waals surface area contributed by atoms with E-state index in [1.807, 2.05) is 0 Å². The predicted octanol–water partition coefficient (Wildman–Crippen LogP) is 3.34. The number of hydrogen-bond acceptors (Lipinski definition) is 6. The molecule has 1 N–H and O–H groups in total. The first-order valence-corrected chi connectivity index (χ1v) is 8.59. The van der Waals surface area contributed by atoms with Crippen LogP contribution in [0.25, 0.3) is 0 Å². The summed E-state index contributed by atoms with van der Waals surface area (Å²) in [5, 5.41) is 14.0. The molecule has 1 aliphatic rings. The van der Waals surface area contributed by atoms with Gasteiger partial charge < -0.3 is 4.74 Å². The molecular formula is C16H17N3O4S. The number of hydrogen-bond donors (Lipinski definition) is 1. The van der Waals surface area contributed by atoms with E-state index in [1.54, 1.807) is 6.07 Å². The van der Waals surface area contributed by atoms with Gasteiger partial charge in [0.05, 0.1) is 16.7 Å². The third-order valence-corrected chi connectivity index (χ3v) is 4.81. The minimum atomic E-state index is -0.504. The molecule has 0 spiro atoms. The zero-order valence-electron chi connectivity index (χ0n) is 13.0. The molecule has 3 rings (SSSR count). The van der Waals surface area contributed by atoms with Gasteiger partial charge in [-0.2, -0.15) is 0 Å². The summed E-state index contributed by atoms with van der Waals surface area (Å²) in [5.41, 5.74) is 1.02. The van der Waals surface area contributed by atoms with Crippen molar-refractivity contribution in [2.75, 3.05) is 11.9 Å². The van der Waals surface area contributed by atoms with Gasteiger partial charge in [-0.3, -0.25) is 20.2 Å². The number of non-ortho nitro benzene ring substituents is 1. The summed E-state index contributed by atoms with van der Waals surface area (Å²) in [6, 6.07) is 5.75. The number of anilines is 1.